The molecule has 1 aliphatic rings. The summed E-state index contributed by atoms with van der Waals surface area (Å²) in [6.45, 7) is 1.91. The number of carbonyl (C=O) groups is 1. The Labute approximate surface area is 273 Å². The summed E-state index contributed by atoms with van der Waals surface area (Å²) in [5.41, 5.74) is 2.45. The molecule has 0 fully saturated rings. The first kappa shape index (κ1) is 30.5. The number of ether oxygens (including phenoxy) is 1. The average Bonchev–Trinajstić information content (AvgIpc) is 3.64. The van der Waals surface area contributed by atoms with Crippen molar-refractivity contribution in [2.75, 3.05) is 12.9 Å². The summed E-state index contributed by atoms with van der Waals surface area (Å²) in [5.74, 6) is 0.338. The van der Waals surface area contributed by atoms with Gasteiger partial charge >= 0.3 is 5.97 Å². The van der Waals surface area contributed by atoms with E-state index in [1.54, 1.807) is 47.5 Å². The number of hydrogen-bond donors (Lipinski definition) is 0. The van der Waals surface area contributed by atoms with Crippen molar-refractivity contribution in [2.24, 2.45) is 4.99 Å². The molecule has 0 spiro atoms. The third kappa shape index (κ3) is 5.96. The molecule has 9 nitrogen and oxygen atoms in total. The molecule has 0 saturated carbocycles. The number of carbonyl (C=O) groups excluding carboxylic acids is 1. The molecule has 0 bridgehead atoms. The standard InChI is InChI=1S/C33H24BrN3O6S2/c1-3-42-32(39)28-29(19-7-5-4-6-8-19)35-33-36(30(28)20-9-13-23(44-2)14-10-20)31(38)27(45-33)18-22-12-16-26(43-22)24-15-11-21(37(40)41)17-25(24)34/h4-18,30H,3H2,1-2H3/b27-18+. The van der Waals surface area contributed by atoms with E-state index in [0.29, 0.717) is 36.6 Å². The van der Waals surface area contributed by atoms with Crippen molar-refractivity contribution in [3.8, 4) is 11.3 Å². The fourth-order valence-corrected chi connectivity index (χ4v) is 7.02. The van der Waals surface area contributed by atoms with Gasteiger partial charge in [0.05, 0.1) is 33.4 Å². The molecule has 1 atom stereocenters. The second-order valence-electron chi connectivity index (χ2n) is 9.83. The zero-order valence-electron chi connectivity index (χ0n) is 23.9. The summed E-state index contributed by atoms with van der Waals surface area (Å²) in [6.07, 6.45) is 3.62. The molecule has 12 heteroatoms. The Hall–Kier alpha value is -4.52. The van der Waals surface area contributed by atoms with Gasteiger partial charge in [-0.2, -0.15) is 0 Å². The number of thioether (sulfide) groups is 1. The van der Waals surface area contributed by atoms with Gasteiger partial charge in [-0.1, -0.05) is 53.8 Å². The maximum absolute atomic E-state index is 14.1. The molecule has 0 amide bonds. The number of nitrogens with zero attached hydrogens (tertiary/aromatic N) is 3. The predicted molar refractivity (Wildman–Crippen MR) is 178 cm³/mol. The van der Waals surface area contributed by atoms with Gasteiger partial charge in [0.15, 0.2) is 4.80 Å². The van der Waals surface area contributed by atoms with Gasteiger partial charge in [0.2, 0.25) is 0 Å². The number of benzene rings is 3. The van der Waals surface area contributed by atoms with E-state index < -0.39 is 16.9 Å². The normalized spacial score (nSPS) is 14.6. The summed E-state index contributed by atoms with van der Waals surface area (Å²) in [4.78, 5) is 44.7. The Morgan fingerprint density at radius 1 is 1.13 bits per heavy atom. The molecule has 0 aliphatic carbocycles. The fourth-order valence-electron chi connectivity index (χ4n) is 5.06. The second-order valence-corrected chi connectivity index (χ2v) is 12.6. The molecule has 0 radical (unpaired) electrons. The van der Waals surface area contributed by atoms with Gasteiger partial charge in [0, 0.05) is 38.7 Å². The highest BCUT2D eigenvalue weighted by Gasteiger charge is 2.35. The molecular formula is C33H24BrN3O6S2. The number of fused-ring (bicyclic) bond motifs is 1. The zero-order chi connectivity index (χ0) is 31.7. The van der Waals surface area contributed by atoms with E-state index in [1.165, 1.54) is 23.5 Å². The molecule has 45 heavy (non-hydrogen) atoms. The molecule has 5 aromatic rings. The highest BCUT2D eigenvalue weighted by molar-refractivity contribution is 9.10. The number of halogens is 1. The first-order valence-corrected chi connectivity index (χ1v) is 16.6. The first-order valence-electron chi connectivity index (χ1n) is 13.8. The number of esters is 1. The lowest BCUT2D eigenvalue weighted by atomic mass is 9.93. The molecule has 0 saturated heterocycles. The van der Waals surface area contributed by atoms with Crippen molar-refractivity contribution in [1.29, 1.82) is 0 Å². The van der Waals surface area contributed by atoms with Crippen molar-refractivity contribution in [3.05, 3.63) is 142 Å². The molecule has 0 N–H and O–H groups in total. The fraction of sp³-hybridized carbons (Fsp3) is 0.121. The molecule has 1 unspecified atom stereocenters. The lowest BCUT2D eigenvalue weighted by molar-refractivity contribution is -0.384. The van der Waals surface area contributed by atoms with Crippen molar-refractivity contribution in [2.45, 2.75) is 17.9 Å². The molecule has 1 aliphatic heterocycles. The first-order chi connectivity index (χ1) is 21.8. The van der Waals surface area contributed by atoms with Gasteiger partial charge in [0.1, 0.15) is 11.5 Å². The van der Waals surface area contributed by atoms with E-state index >= 15 is 0 Å². The van der Waals surface area contributed by atoms with Crippen LogP contribution in [0, 0.1) is 10.1 Å². The van der Waals surface area contributed by atoms with Crippen LogP contribution in [0.2, 0.25) is 0 Å². The van der Waals surface area contributed by atoms with Gasteiger partial charge in [-0.25, -0.2) is 9.79 Å². The molecular weight excluding hydrogens is 678 g/mol. The van der Waals surface area contributed by atoms with Crippen LogP contribution in [0.1, 0.15) is 29.9 Å². The number of furan rings is 1. The predicted octanol–water partition coefficient (Wildman–Crippen LogP) is 6.59. The molecule has 6 rings (SSSR count). The summed E-state index contributed by atoms with van der Waals surface area (Å²) in [7, 11) is 0. The van der Waals surface area contributed by atoms with Gasteiger partial charge in [0.25, 0.3) is 11.2 Å². The van der Waals surface area contributed by atoms with Crippen LogP contribution in [0.15, 0.2) is 114 Å². The van der Waals surface area contributed by atoms with E-state index in [0.717, 1.165) is 16.0 Å². The molecule has 226 valence electrons. The van der Waals surface area contributed by atoms with E-state index in [1.807, 2.05) is 60.9 Å². The average molecular weight is 703 g/mol. The third-order valence-electron chi connectivity index (χ3n) is 7.13. The summed E-state index contributed by atoms with van der Waals surface area (Å²) in [6, 6.07) is 24.2. The number of thiazole rings is 1. The highest BCUT2D eigenvalue weighted by Crippen LogP contribution is 2.36. The number of nitro benzene ring substituents is 1. The lowest BCUT2D eigenvalue weighted by Crippen LogP contribution is -2.40. The van der Waals surface area contributed by atoms with Crippen LogP contribution >= 0.6 is 39.0 Å². The zero-order valence-corrected chi connectivity index (χ0v) is 27.1. The van der Waals surface area contributed by atoms with Crippen molar-refractivity contribution in [1.82, 2.24) is 4.57 Å². The van der Waals surface area contributed by atoms with Crippen molar-refractivity contribution >= 4 is 62.5 Å². The van der Waals surface area contributed by atoms with Crippen LogP contribution in [-0.2, 0) is 9.53 Å². The van der Waals surface area contributed by atoms with Gasteiger partial charge in [-0.3, -0.25) is 19.5 Å². The highest BCUT2D eigenvalue weighted by atomic mass is 79.9. The Bertz CT molecular complexity index is 2150. The van der Waals surface area contributed by atoms with E-state index in [9.17, 15) is 19.7 Å². The van der Waals surface area contributed by atoms with Crippen LogP contribution < -0.4 is 14.9 Å². The minimum atomic E-state index is -0.781. The van der Waals surface area contributed by atoms with Crippen LogP contribution in [0.4, 0.5) is 5.69 Å². The smallest absolute Gasteiger partial charge is 0.338 e. The number of hydrogen-bond acceptors (Lipinski definition) is 9. The minimum Gasteiger partial charge on any atom is -0.463 e. The van der Waals surface area contributed by atoms with E-state index in [2.05, 4.69) is 15.9 Å². The van der Waals surface area contributed by atoms with Gasteiger partial charge in [-0.15, -0.1) is 11.8 Å². The lowest BCUT2D eigenvalue weighted by Gasteiger charge is -2.26. The minimum absolute atomic E-state index is 0.0479. The van der Waals surface area contributed by atoms with Crippen LogP contribution in [0.25, 0.3) is 23.1 Å². The number of non-ortho nitro benzene ring substituents is 1. The summed E-state index contributed by atoms with van der Waals surface area (Å²) >= 11 is 6.18. The Balaban J connectivity index is 1.52. The molecule has 3 aromatic carbocycles. The van der Waals surface area contributed by atoms with Crippen LogP contribution in [-0.4, -0.2) is 28.3 Å². The maximum Gasteiger partial charge on any atom is 0.338 e. The van der Waals surface area contributed by atoms with Crippen LogP contribution in [0.3, 0.4) is 0 Å². The quantitative estimate of drug-likeness (QED) is 0.0776. The van der Waals surface area contributed by atoms with E-state index in [-0.39, 0.29) is 23.4 Å². The van der Waals surface area contributed by atoms with Gasteiger partial charge < -0.3 is 9.15 Å². The Morgan fingerprint density at radius 3 is 2.56 bits per heavy atom. The van der Waals surface area contributed by atoms with Crippen molar-refractivity contribution in [3.63, 3.8) is 0 Å². The monoisotopic (exact) mass is 701 g/mol. The molecule has 2 aromatic heterocycles. The number of aromatic nitrogens is 1. The van der Waals surface area contributed by atoms with Crippen molar-refractivity contribution < 1.29 is 18.9 Å². The topological polar surface area (TPSA) is 117 Å². The summed E-state index contributed by atoms with van der Waals surface area (Å²) < 4.78 is 14.0. The Kier molecular flexibility index (Phi) is 8.70. The SMILES string of the molecule is CCOC(=O)C1=C(c2ccccc2)N=c2s/c(=C/c3ccc(-c4ccc([N+](=O)[O-])cc4Br)o3)c(=O)n2C1c1ccc(SC)cc1. The maximum atomic E-state index is 14.1. The van der Waals surface area contributed by atoms with Crippen LogP contribution in [0.5, 0.6) is 0 Å². The van der Waals surface area contributed by atoms with Gasteiger partial charge in [-0.05, 0) is 65.0 Å². The Morgan fingerprint density at radius 2 is 1.89 bits per heavy atom. The molecule has 3 heterocycles. The second kappa shape index (κ2) is 12.8. The number of nitro groups is 1. The number of rotatable bonds is 8. The summed E-state index contributed by atoms with van der Waals surface area (Å²) in [5, 5.41) is 11.1. The third-order valence-corrected chi connectivity index (χ3v) is 9.52. The largest absolute Gasteiger partial charge is 0.463 e. The van der Waals surface area contributed by atoms with E-state index in [4.69, 9.17) is 14.1 Å².